The minimum absolute atomic E-state index is 0.0566. The minimum atomic E-state index is -4.78. The van der Waals surface area contributed by atoms with Crippen LogP contribution >= 0.6 is 0 Å². The molecule has 9 nitrogen and oxygen atoms in total. The molecule has 12 heteroatoms. The molecule has 3 aromatic carbocycles. The summed E-state index contributed by atoms with van der Waals surface area (Å²) in [6.45, 7) is 1.76. The lowest BCUT2D eigenvalue weighted by Gasteiger charge is -2.25. The van der Waals surface area contributed by atoms with Gasteiger partial charge in [-0.25, -0.2) is 4.98 Å². The van der Waals surface area contributed by atoms with Crippen molar-refractivity contribution in [3.63, 3.8) is 0 Å². The molecule has 1 aliphatic carbocycles. The van der Waals surface area contributed by atoms with Gasteiger partial charge >= 0.3 is 6.36 Å². The van der Waals surface area contributed by atoms with Crippen molar-refractivity contribution in [2.45, 2.75) is 57.5 Å². The highest BCUT2D eigenvalue weighted by atomic mass is 19.4. The Bertz CT molecular complexity index is 1600. The number of hydrogen-bond acceptors (Lipinski definition) is 7. The van der Waals surface area contributed by atoms with Crippen molar-refractivity contribution in [3.05, 3.63) is 77.9 Å². The Hall–Kier alpha value is -4.13. The SMILES string of the molecule is NC(=O)CC(NCC1CCCCC1)c1ccc2c(c1)nc(-c1ccc(N(CCO)CCO)cc1)n2Cc1ccc(OC(F)(F)F)cc1. The van der Waals surface area contributed by atoms with Gasteiger partial charge in [0.25, 0.3) is 0 Å². The van der Waals surface area contributed by atoms with Crippen LogP contribution in [0.5, 0.6) is 5.75 Å². The summed E-state index contributed by atoms with van der Waals surface area (Å²) < 4.78 is 44.3. The molecule has 1 saturated carbocycles. The highest BCUT2D eigenvalue weighted by molar-refractivity contribution is 5.82. The zero-order valence-electron chi connectivity index (χ0n) is 26.3. The highest BCUT2D eigenvalue weighted by Crippen LogP contribution is 2.31. The van der Waals surface area contributed by atoms with Gasteiger partial charge < -0.3 is 35.5 Å². The molecule has 1 aromatic heterocycles. The lowest BCUT2D eigenvalue weighted by atomic mass is 9.89. The molecular formula is C35H42F3N5O4. The summed E-state index contributed by atoms with van der Waals surface area (Å²) in [6.07, 6.45) is 1.42. The Kier molecular flexibility index (Phi) is 11.4. The third-order valence-electron chi connectivity index (χ3n) is 8.69. The first-order chi connectivity index (χ1) is 22.6. The predicted molar refractivity (Wildman–Crippen MR) is 175 cm³/mol. The average molecular weight is 654 g/mol. The maximum atomic E-state index is 12.7. The number of nitrogens with two attached hydrogens (primary N) is 1. The molecule has 0 aliphatic heterocycles. The van der Waals surface area contributed by atoms with E-state index in [1.54, 1.807) is 12.1 Å². The van der Waals surface area contributed by atoms with Crippen molar-refractivity contribution < 1.29 is 32.9 Å². The van der Waals surface area contributed by atoms with E-state index in [9.17, 15) is 28.2 Å². The van der Waals surface area contributed by atoms with E-state index >= 15 is 0 Å². The predicted octanol–water partition coefficient (Wildman–Crippen LogP) is 5.53. The number of amides is 1. The molecule has 1 unspecified atom stereocenters. The molecule has 0 radical (unpaired) electrons. The summed E-state index contributed by atoms with van der Waals surface area (Å²) in [5.41, 5.74) is 10.5. The molecule has 5 rings (SSSR count). The Balaban J connectivity index is 1.50. The molecule has 1 fully saturated rings. The fraction of sp³-hybridized carbons (Fsp3) is 0.429. The first kappa shape index (κ1) is 34.2. The average Bonchev–Trinajstić information content (AvgIpc) is 3.41. The normalized spacial score (nSPS) is 14.7. The van der Waals surface area contributed by atoms with Gasteiger partial charge in [0, 0.05) is 43.3 Å². The fourth-order valence-electron chi connectivity index (χ4n) is 6.37. The molecular weight excluding hydrogens is 611 g/mol. The van der Waals surface area contributed by atoms with E-state index in [1.165, 1.54) is 44.2 Å². The van der Waals surface area contributed by atoms with Crippen molar-refractivity contribution in [1.82, 2.24) is 14.9 Å². The number of ether oxygens (including phenoxy) is 1. The number of hydrogen-bond donors (Lipinski definition) is 4. The summed E-state index contributed by atoms with van der Waals surface area (Å²) in [6, 6.07) is 19.0. The number of carbonyl (C=O) groups is 1. The molecule has 0 bridgehead atoms. The van der Waals surface area contributed by atoms with Crippen LogP contribution in [0.2, 0.25) is 0 Å². The molecule has 5 N–H and O–H groups in total. The lowest BCUT2D eigenvalue weighted by molar-refractivity contribution is -0.274. The van der Waals surface area contributed by atoms with Crippen LogP contribution in [0.1, 0.15) is 55.7 Å². The van der Waals surface area contributed by atoms with Crippen LogP contribution in [0.4, 0.5) is 18.9 Å². The van der Waals surface area contributed by atoms with Crippen LogP contribution in [-0.2, 0) is 11.3 Å². The topological polar surface area (TPSA) is 126 Å². The maximum Gasteiger partial charge on any atom is 0.573 e. The molecule has 1 atom stereocenters. The van der Waals surface area contributed by atoms with E-state index in [0.29, 0.717) is 36.9 Å². The molecule has 47 heavy (non-hydrogen) atoms. The second kappa shape index (κ2) is 15.6. The fourth-order valence-corrected chi connectivity index (χ4v) is 6.37. The Morgan fingerprint density at radius 2 is 1.68 bits per heavy atom. The smallest absolute Gasteiger partial charge is 0.406 e. The summed E-state index contributed by atoms with van der Waals surface area (Å²) >= 11 is 0. The number of halogens is 3. The number of imidazole rings is 1. The second-order valence-electron chi connectivity index (χ2n) is 12.1. The number of fused-ring (bicyclic) bond motifs is 1. The molecule has 1 amide bonds. The summed E-state index contributed by atoms with van der Waals surface area (Å²) in [4.78, 5) is 19.0. The van der Waals surface area contributed by atoms with Crippen LogP contribution < -0.4 is 20.7 Å². The number of alkyl halides is 3. The third-order valence-corrected chi connectivity index (χ3v) is 8.69. The van der Waals surface area contributed by atoms with Crippen LogP contribution in [-0.4, -0.2) is 64.9 Å². The quantitative estimate of drug-likeness (QED) is 0.133. The standard InChI is InChI=1S/C35H42F3N5O4/c36-35(37,38)47-29-13-6-25(7-14-29)23-43-32-15-10-27(30(21-33(39)46)40-22-24-4-2-1-3-5-24)20-31(32)41-34(43)26-8-11-28(12-9-26)42(16-18-44)17-19-45/h6-15,20,24,30,40,44-45H,1-5,16-19,21-23H2,(H2,39,46). The largest absolute Gasteiger partial charge is 0.573 e. The maximum absolute atomic E-state index is 12.7. The number of primary amides is 1. The number of nitrogens with zero attached hydrogens (tertiary/aromatic N) is 3. The number of anilines is 1. The van der Waals surface area contributed by atoms with Crippen LogP contribution in [0, 0.1) is 5.92 Å². The molecule has 0 spiro atoms. The third kappa shape index (κ3) is 9.24. The number of aromatic nitrogens is 2. The first-order valence-electron chi connectivity index (χ1n) is 16.1. The van der Waals surface area contributed by atoms with Gasteiger partial charge in [0.15, 0.2) is 0 Å². The van der Waals surface area contributed by atoms with Crippen LogP contribution in [0.25, 0.3) is 22.4 Å². The van der Waals surface area contributed by atoms with E-state index in [-0.39, 0.29) is 31.4 Å². The number of benzene rings is 3. The summed E-state index contributed by atoms with van der Waals surface area (Å²) in [5.74, 6) is 0.521. The van der Waals surface area contributed by atoms with E-state index < -0.39 is 12.3 Å². The van der Waals surface area contributed by atoms with Crippen LogP contribution in [0.15, 0.2) is 66.7 Å². The number of aliphatic hydroxyl groups is 2. The van der Waals surface area contributed by atoms with Gasteiger partial charge in [0.1, 0.15) is 11.6 Å². The Labute approximate surface area is 272 Å². The number of aliphatic hydroxyl groups excluding tert-OH is 2. The second-order valence-corrected chi connectivity index (χ2v) is 12.1. The molecule has 252 valence electrons. The molecule has 1 aliphatic rings. The zero-order valence-corrected chi connectivity index (χ0v) is 26.3. The number of nitrogens with one attached hydrogen (secondary N) is 1. The monoisotopic (exact) mass is 653 g/mol. The van der Waals surface area contributed by atoms with Gasteiger partial charge in [0.2, 0.25) is 5.91 Å². The summed E-state index contributed by atoms with van der Waals surface area (Å²) in [7, 11) is 0. The Morgan fingerprint density at radius 3 is 2.30 bits per heavy atom. The van der Waals surface area contributed by atoms with E-state index in [0.717, 1.165) is 34.4 Å². The van der Waals surface area contributed by atoms with Gasteiger partial charge in [-0.2, -0.15) is 0 Å². The number of carbonyl (C=O) groups excluding carboxylic acids is 1. The lowest BCUT2D eigenvalue weighted by Crippen LogP contribution is -2.31. The van der Waals surface area contributed by atoms with Crippen LogP contribution in [0.3, 0.4) is 0 Å². The van der Waals surface area contributed by atoms with Crippen molar-refractivity contribution in [3.8, 4) is 17.1 Å². The molecule has 4 aromatic rings. The number of rotatable bonds is 15. The van der Waals surface area contributed by atoms with Gasteiger partial charge in [-0.15, -0.1) is 13.2 Å². The zero-order chi connectivity index (χ0) is 33.4. The van der Waals surface area contributed by atoms with Crippen molar-refractivity contribution >= 4 is 22.6 Å². The highest BCUT2D eigenvalue weighted by Gasteiger charge is 2.31. The van der Waals surface area contributed by atoms with E-state index in [1.807, 2.05) is 51.9 Å². The first-order valence-corrected chi connectivity index (χ1v) is 16.1. The minimum Gasteiger partial charge on any atom is -0.406 e. The van der Waals surface area contributed by atoms with E-state index in [2.05, 4.69) is 10.1 Å². The van der Waals surface area contributed by atoms with E-state index in [4.69, 9.17) is 10.7 Å². The molecule has 0 saturated heterocycles. The molecule has 1 heterocycles. The summed E-state index contributed by atoms with van der Waals surface area (Å²) in [5, 5.41) is 22.5. The van der Waals surface area contributed by atoms with Crippen molar-refractivity contribution in [2.24, 2.45) is 11.7 Å². The van der Waals surface area contributed by atoms with Crippen molar-refractivity contribution in [1.29, 1.82) is 0 Å². The van der Waals surface area contributed by atoms with Gasteiger partial charge in [-0.05, 0) is 85.0 Å². The van der Waals surface area contributed by atoms with Gasteiger partial charge in [-0.3, -0.25) is 4.79 Å². The van der Waals surface area contributed by atoms with Crippen molar-refractivity contribution in [2.75, 3.05) is 37.7 Å². The van der Waals surface area contributed by atoms with Gasteiger partial charge in [0.05, 0.1) is 24.2 Å². The van der Waals surface area contributed by atoms with Gasteiger partial charge in [-0.1, -0.05) is 37.5 Å². The Morgan fingerprint density at radius 1 is 1.00 bits per heavy atom.